The lowest BCUT2D eigenvalue weighted by Crippen LogP contribution is -1.97. The topological polar surface area (TPSA) is 20.2 Å². The fraction of sp³-hybridized carbons (Fsp3) is 1.00. The van der Waals surface area contributed by atoms with Crippen LogP contribution >= 0.6 is 0 Å². The van der Waals surface area contributed by atoms with E-state index in [9.17, 15) is 0 Å². The zero-order valence-corrected chi connectivity index (χ0v) is 13.6. The van der Waals surface area contributed by atoms with Crippen LogP contribution in [0.1, 0.15) is 104 Å². The van der Waals surface area contributed by atoms with Gasteiger partial charge in [-0.1, -0.05) is 97.3 Å². The fourth-order valence-corrected chi connectivity index (χ4v) is 2.70. The SMILES string of the molecule is CCCCCCCCCCCCCC[C@@H](C)CCO. The average Bonchev–Trinajstić information content (AvgIpc) is 2.40. The monoisotopic (exact) mass is 270 g/mol. The van der Waals surface area contributed by atoms with E-state index in [1.165, 1.54) is 83.5 Å². The minimum absolute atomic E-state index is 0.361. The van der Waals surface area contributed by atoms with Gasteiger partial charge in [0.05, 0.1) is 0 Å². The molecule has 0 amide bonds. The standard InChI is InChI=1S/C18H38O/c1-3-4-5-6-7-8-9-10-11-12-13-14-15-18(2)16-17-19/h18-19H,3-17H2,1-2H3/t18-/m1/s1. The average molecular weight is 271 g/mol. The first-order valence-electron chi connectivity index (χ1n) is 8.92. The molecule has 0 unspecified atom stereocenters. The van der Waals surface area contributed by atoms with Crippen molar-refractivity contribution >= 4 is 0 Å². The van der Waals surface area contributed by atoms with Crippen LogP contribution in [0.4, 0.5) is 0 Å². The Kier molecular flexibility index (Phi) is 16.0. The van der Waals surface area contributed by atoms with Crippen molar-refractivity contribution in [2.24, 2.45) is 5.92 Å². The van der Waals surface area contributed by atoms with Crippen molar-refractivity contribution in [2.75, 3.05) is 6.61 Å². The molecular formula is C18H38O. The van der Waals surface area contributed by atoms with Crippen molar-refractivity contribution in [3.05, 3.63) is 0 Å². The Morgan fingerprint density at radius 3 is 1.47 bits per heavy atom. The van der Waals surface area contributed by atoms with E-state index in [1.54, 1.807) is 0 Å². The van der Waals surface area contributed by atoms with Gasteiger partial charge < -0.3 is 5.11 Å². The highest BCUT2D eigenvalue weighted by molar-refractivity contribution is 4.54. The minimum atomic E-state index is 0.361. The number of aliphatic hydroxyl groups excluding tert-OH is 1. The van der Waals surface area contributed by atoms with Crippen LogP contribution in [-0.2, 0) is 0 Å². The van der Waals surface area contributed by atoms with Crippen molar-refractivity contribution in [3.63, 3.8) is 0 Å². The van der Waals surface area contributed by atoms with Gasteiger partial charge in [0.15, 0.2) is 0 Å². The molecule has 0 bridgehead atoms. The summed E-state index contributed by atoms with van der Waals surface area (Å²) >= 11 is 0. The summed E-state index contributed by atoms with van der Waals surface area (Å²) in [5.41, 5.74) is 0. The lowest BCUT2D eigenvalue weighted by atomic mass is 9.99. The lowest BCUT2D eigenvalue weighted by molar-refractivity contribution is 0.256. The number of hydrogen-bond donors (Lipinski definition) is 1. The summed E-state index contributed by atoms with van der Waals surface area (Å²) in [5, 5.41) is 8.83. The zero-order chi connectivity index (χ0) is 14.2. The van der Waals surface area contributed by atoms with Gasteiger partial charge in [0.2, 0.25) is 0 Å². The van der Waals surface area contributed by atoms with Crippen molar-refractivity contribution < 1.29 is 5.11 Å². The third-order valence-corrected chi connectivity index (χ3v) is 4.17. The number of unbranched alkanes of at least 4 members (excludes halogenated alkanes) is 11. The molecule has 0 aliphatic rings. The van der Waals surface area contributed by atoms with E-state index in [-0.39, 0.29) is 0 Å². The van der Waals surface area contributed by atoms with Crippen LogP contribution < -0.4 is 0 Å². The molecular weight excluding hydrogens is 232 g/mol. The Balaban J connectivity index is 2.99. The number of hydrogen-bond acceptors (Lipinski definition) is 1. The summed E-state index contributed by atoms with van der Waals surface area (Å²) in [6.07, 6.45) is 19.4. The Morgan fingerprint density at radius 1 is 0.632 bits per heavy atom. The van der Waals surface area contributed by atoms with Crippen LogP contribution in [0.15, 0.2) is 0 Å². The Hall–Kier alpha value is -0.0400. The van der Waals surface area contributed by atoms with Crippen molar-refractivity contribution in [3.8, 4) is 0 Å². The summed E-state index contributed by atoms with van der Waals surface area (Å²) in [4.78, 5) is 0. The van der Waals surface area contributed by atoms with Gasteiger partial charge in [0.25, 0.3) is 0 Å². The first-order valence-corrected chi connectivity index (χ1v) is 8.92. The smallest absolute Gasteiger partial charge is 0.0433 e. The van der Waals surface area contributed by atoms with E-state index in [1.807, 2.05) is 0 Å². The highest BCUT2D eigenvalue weighted by atomic mass is 16.3. The van der Waals surface area contributed by atoms with Crippen molar-refractivity contribution in [2.45, 2.75) is 104 Å². The maximum absolute atomic E-state index is 8.83. The second kappa shape index (κ2) is 16.0. The van der Waals surface area contributed by atoms with Crippen LogP contribution in [0.5, 0.6) is 0 Å². The van der Waals surface area contributed by atoms with Gasteiger partial charge in [-0.25, -0.2) is 0 Å². The van der Waals surface area contributed by atoms with Crippen LogP contribution in [0.3, 0.4) is 0 Å². The first-order chi connectivity index (χ1) is 9.31. The van der Waals surface area contributed by atoms with Gasteiger partial charge in [-0.3, -0.25) is 0 Å². The Bertz CT molecular complexity index is 156. The van der Waals surface area contributed by atoms with Crippen molar-refractivity contribution in [1.29, 1.82) is 0 Å². The first kappa shape index (κ1) is 19.0. The molecule has 0 aromatic heterocycles. The lowest BCUT2D eigenvalue weighted by Gasteiger charge is -2.08. The van der Waals surface area contributed by atoms with Gasteiger partial charge in [-0.2, -0.15) is 0 Å². The fourth-order valence-electron chi connectivity index (χ4n) is 2.70. The summed E-state index contributed by atoms with van der Waals surface area (Å²) in [6, 6.07) is 0. The quantitative estimate of drug-likeness (QED) is 0.357. The third-order valence-electron chi connectivity index (χ3n) is 4.17. The molecule has 0 aromatic rings. The Labute approximate surface area is 122 Å². The molecule has 0 fully saturated rings. The van der Waals surface area contributed by atoms with Gasteiger partial charge in [-0.05, 0) is 12.3 Å². The molecule has 1 N–H and O–H groups in total. The summed E-state index contributed by atoms with van der Waals surface area (Å²) in [6.45, 7) is 4.90. The molecule has 0 aliphatic carbocycles. The van der Waals surface area contributed by atoms with Crippen LogP contribution in [-0.4, -0.2) is 11.7 Å². The van der Waals surface area contributed by atoms with E-state index < -0.39 is 0 Å². The van der Waals surface area contributed by atoms with E-state index in [0.29, 0.717) is 12.5 Å². The zero-order valence-electron chi connectivity index (χ0n) is 13.6. The van der Waals surface area contributed by atoms with Gasteiger partial charge in [0.1, 0.15) is 0 Å². The van der Waals surface area contributed by atoms with Crippen LogP contribution in [0.2, 0.25) is 0 Å². The molecule has 0 saturated carbocycles. The van der Waals surface area contributed by atoms with Crippen LogP contribution in [0, 0.1) is 5.92 Å². The summed E-state index contributed by atoms with van der Waals surface area (Å²) in [7, 11) is 0. The molecule has 1 nitrogen and oxygen atoms in total. The third kappa shape index (κ3) is 15.9. The van der Waals surface area contributed by atoms with Crippen molar-refractivity contribution in [1.82, 2.24) is 0 Å². The summed E-state index contributed by atoms with van der Waals surface area (Å²) in [5.74, 6) is 0.716. The molecule has 0 aliphatic heterocycles. The molecule has 0 spiro atoms. The number of aliphatic hydroxyl groups is 1. The maximum atomic E-state index is 8.83. The van der Waals surface area contributed by atoms with E-state index >= 15 is 0 Å². The van der Waals surface area contributed by atoms with E-state index in [0.717, 1.165) is 6.42 Å². The molecule has 0 saturated heterocycles. The molecule has 1 heteroatoms. The molecule has 116 valence electrons. The maximum Gasteiger partial charge on any atom is 0.0433 e. The second-order valence-corrected chi connectivity index (χ2v) is 6.30. The molecule has 0 rings (SSSR count). The van der Waals surface area contributed by atoms with Gasteiger partial charge in [0, 0.05) is 6.61 Å². The molecule has 19 heavy (non-hydrogen) atoms. The second-order valence-electron chi connectivity index (χ2n) is 6.30. The Morgan fingerprint density at radius 2 is 1.05 bits per heavy atom. The minimum Gasteiger partial charge on any atom is -0.396 e. The molecule has 0 aromatic carbocycles. The highest BCUT2D eigenvalue weighted by Gasteiger charge is 2.00. The summed E-state index contributed by atoms with van der Waals surface area (Å²) < 4.78 is 0. The normalized spacial score (nSPS) is 12.8. The highest BCUT2D eigenvalue weighted by Crippen LogP contribution is 2.15. The molecule has 1 atom stereocenters. The van der Waals surface area contributed by atoms with Gasteiger partial charge in [-0.15, -0.1) is 0 Å². The molecule has 0 heterocycles. The number of rotatable bonds is 15. The van der Waals surface area contributed by atoms with E-state index in [4.69, 9.17) is 5.11 Å². The molecule has 0 radical (unpaired) electrons. The van der Waals surface area contributed by atoms with Gasteiger partial charge >= 0.3 is 0 Å². The predicted molar refractivity (Wildman–Crippen MR) is 86.6 cm³/mol. The largest absolute Gasteiger partial charge is 0.396 e. The predicted octanol–water partition coefficient (Wildman–Crippen LogP) is 6.10. The van der Waals surface area contributed by atoms with E-state index in [2.05, 4.69) is 13.8 Å². The van der Waals surface area contributed by atoms with Crippen LogP contribution in [0.25, 0.3) is 0 Å².